The van der Waals surface area contributed by atoms with Gasteiger partial charge in [-0.25, -0.2) is 4.79 Å². The molecular weight excluding hydrogens is 290 g/mol. The monoisotopic (exact) mass is 311 g/mol. The normalized spacial score (nSPS) is 18.7. The summed E-state index contributed by atoms with van der Waals surface area (Å²) in [6, 6.07) is 3.35. The third-order valence-corrected chi connectivity index (χ3v) is 4.56. The Labute approximate surface area is 128 Å². The maximum Gasteiger partial charge on any atom is 0.328 e. The van der Waals surface area contributed by atoms with Crippen LogP contribution in [0.4, 0.5) is 0 Å². The van der Waals surface area contributed by atoms with Gasteiger partial charge in [0.05, 0.1) is 13.2 Å². The highest BCUT2D eigenvalue weighted by Gasteiger charge is 2.32. The van der Waals surface area contributed by atoms with Crippen molar-refractivity contribution in [2.45, 2.75) is 38.1 Å². The SMILES string of the molecule is O=C(O)C1COCCN1C(=O)CCCCCc1cccs1. The van der Waals surface area contributed by atoms with Gasteiger partial charge in [0.15, 0.2) is 6.04 Å². The predicted octanol–water partition coefficient (Wildman–Crippen LogP) is 2.16. The molecule has 0 bridgehead atoms. The van der Waals surface area contributed by atoms with Gasteiger partial charge in [-0.05, 0) is 30.7 Å². The molecule has 21 heavy (non-hydrogen) atoms. The van der Waals surface area contributed by atoms with E-state index in [0.717, 1.165) is 25.7 Å². The van der Waals surface area contributed by atoms with Crippen LogP contribution >= 0.6 is 11.3 Å². The third kappa shape index (κ3) is 4.82. The van der Waals surface area contributed by atoms with Crippen molar-refractivity contribution in [3.05, 3.63) is 22.4 Å². The Balaban J connectivity index is 1.67. The number of carboxylic acid groups (broad SMARTS) is 1. The second-order valence-electron chi connectivity index (χ2n) is 5.16. The van der Waals surface area contributed by atoms with Gasteiger partial charge in [0.1, 0.15) is 0 Å². The number of nitrogens with zero attached hydrogens (tertiary/aromatic N) is 1. The lowest BCUT2D eigenvalue weighted by molar-refractivity contribution is -0.158. The molecule has 2 heterocycles. The molecule has 1 N–H and O–H groups in total. The van der Waals surface area contributed by atoms with Crippen LogP contribution in [0.25, 0.3) is 0 Å². The van der Waals surface area contributed by atoms with E-state index in [1.54, 1.807) is 11.3 Å². The van der Waals surface area contributed by atoms with Crippen LogP contribution in [0.1, 0.15) is 30.6 Å². The Morgan fingerprint density at radius 1 is 1.38 bits per heavy atom. The standard InChI is InChI=1S/C15H21NO4S/c17-14(16-8-9-20-11-13(16)15(18)19)7-3-1-2-5-12-6-4-10-21-12/h4,6,10,13H,1-3,5,7-9,11H2,(H,18,19). The predicted molar refractivity (Wildman–Crippen MR) is 80.4 cm³/mol. The van der Waals surface area contributed by atoms with Gasteiger partial charge in [-0.1, -0.05) is 12.5 Å². The fourth-order valence-electron chi connectivity index (χ4n) is 2.46. The number of ether oxygens (including phenoxy) is 1. The molecule has 1 amide bonds. The number of carbonyl (C=O) groups excluding carboxylic acids is 1. The molecular formula is C15H21NO4S. The fourth-order valence-corrected chi connectivity index (χ4v) is 3.21. The van der Waals surface area contributed by atoms with Gasteiger partial charge in [0.2, 0.25) is 5.91 Å². The van der Waals surface area contributed by atoms with E-state index in [1.807, 2.05) is 6.07 Å². The average Bonchev–Trinajstić information content (AvgIpc) is 3.00. The number of morpholine rings is 1. The molecule has 6 heteroatoms. The first kappa shape index (κ1) is 16.0. The van der Waals surface area contributed by atoms with Crippen molar-refractivity contribution in [3.63, 3.8) is 0 Å². The molecule has 0 spiro atoms. The molecule has 5 nitrogen and oxygen atoms in total. The van der Waals surface area contributed by atoms with Crippen molar-refractivity contribution in [1.82, 2.24) is 4.90 Å². The van der Waals surface area contributed by atoms with E-state index >= 15 is 0 Å². The summed E-state index contributed by atoms with van der Waals surface area (Å²) < 4.78 is 5.13. The topological polar surface area (TPSA) is 66.8 Å². The van der Waals surface area contributed by atoms with Crippen LogP contribution < -0.4 is 0 Å². The molecule has 0 saturated carbocycles. The quantitative estimate of drug-likeness (QED) is 0.784. The number of carbonyl (C=O) groups is 2. The van der Waals surface area contributed by atoms with Crippen molar-refractivity contribution in [1.29, 1.82) is 0 Å². The average molecular weight is 311 g/mol. The van der Waals surface area contributed by atoms with E-state index in [1.165, 1.54) is 9.78 Å². The molecule has 0 aromatic carbocycles. The maximum atomic E-state index is 12.1. The summed E-state index contributed by atoms with van der Waals surface area (Å²) in [5.74, 6) is -1.05. The molecule has 116 valence electrons. The fraction of sp³-hybridized carbons (Fsp3) is 0.600. The van der Waals surface area contributed by atoms with Gasteiger partial charge < -0.3 is 14.7 Å². The molecule has 1 aromatic heterocycles. The largest absolute Gasteiger partial charge is 0.480 e. The summed E-state index contributed by atoms with van der Waals surface area (Å²) in [7, 11) is 0. The first-order chi connectivity index (χ1) is 10.2. The second kappa shape index (κ2) is 8.14. The van der Waals surface area contributed by atoms with Crippen LogP contribution in [0.15, 0.2) is 17.5 Å². The van der Waals surface area contributed by atoms with E-state index in [-0.39, 0.29) is 12.5 Å². The van der Waals surface area contributed by atoms with Crippen LogP contribution in [0.3, 0.4) is 0 Å². The van der Waals surface area contributed by atoms with Crippen LogP contribution in [-0.4, -0.2) is 47.7 Å². The van der Waals surface area contributed by atoms with Gasteiger partial charge >= 0.3 is 5.97 Å². The Morgan fingerprint density at radius 2 is 2.24 bits per heavy atom. The van der Waals surface area contributed by atoms with Crippen LogP contribution in [0.5, 0.6) is 0 Å². The lowest BCUT2D eigenvalue weighted by Gasteiger charge is -2.32. The lowest BCUT2D eigenvalue weighted by Crippen LogP contribution is -2.52. The summed E-state index contributed by atoms with van der Waals surface area (Å²) in [6.45, 7) is 0.901. The summed E-state index contributed by atoms with van der Waals surface area (Å²) >= 11 is 1.76. The number of hydrogen-bond acceptors (Lipinski definition) is 4. The molecule has 1 fully saturated rings. The minimum absolute atomic E-state index is 0.0678. The molecule has 1 saturated heterocycles. The zero-order valence-electron chi connectivity index (χ0n) is 12.0. The molecule has 2 rings (SSSR count). The number of hydrogen-bond donors (Lipinski definition) is 1. The summed E-state index contributed by atoms with van der Waals surface area (Å²) in [4.78, 5) is 26.0. The van der Waals surface area contributed by atoms with Crippen molar-refractivity contribution < 1.29 is 19.4 Å². The lowest BCUT2D eigenvalue weighted by atomic mass is 10.1. The summed E-state index contributed by atoms with van der Waals surface area (Å²) in [5.41, 5.74) is 0. The minimum atomic E-state index is -0.985. The van der Waals surface area contributed by atoms with E-state index in [0.29, 0.717) is 19.6 Å². The molecule has 1 aromatic rings. The Bertz CT molecular complexity index is 460. The van der Waals surface area contributed by atoms with Gasteiger partial charge in [-0.3, -0.25) is 4.79 Å². The minimum Gasteiger partial charge on any atom is -0.480 e. The molecule has 1 aliphatic heterocycles. The zero-order chi connectivity index (χ0) is 15.1. The Kier molecular flexibility index (Phi) is 6.20. The van der Waals surface area contributed by atoms with Crippen molar-refractivity contribution >= 4 is 23.2 Å². The number of aliphatic carboxylic acids is 1. The highest BCUT2D eigenvalue weighted by Crippen LogP contribution is 2.15. The van der Waals surface area contributed by atoms with Crippen molar-refractivity contribution in [2.75, 3.05) is 19.8 Å². The maximum absolute atomic E-state index is 12.1. The summed E-state index contributed by atoms with van der Waals surface area (Å²) in [5, 5.41) is 11.2. The third-order valence-electron chi connectivity index (χ3n) is 3.63. The molecule has 0 aliphatic carbocycles. The van der Waals surface area contributed by atoms with Gasteiger partial charge in [0, 0.05) is 17.8 Å². The van der Waals surface area contributed by atoms with Crippen LogP contribution in [0, 0.1) is 0 Å². The Morgan fingerprint density at radius 3 is 2.95 bits per heavy atom. The first-order valence-electron chi connectivity index (χ1n) is 7.31. The number of aryl methyl sites for hydroxylation is 1. The van der Waals surface area contributed by atoms with E-state index in [9.17, 15) is 9.59 Å². The molecule has 1 aliphatic rings. The van der Waals surface area contributed by atoms with Crippen molar-refractivity contribution in [3.8, 4) is 0 Å². The molecule has 0 radical (unpaired) electrons. The summed E-state index contributed by atoms with van der Waals surface area (Å²) in [6.07, 6.45) is 4.36. The van der Waals surface area contributed by atoms with Crippen molar-refractivity contribution in [2.24, 2.45) is 0 Å². The van der Waals surface area contributed by atoms with Gasteiger partial charge in [0.25, 0.3) is 0 Å². The first-order valence-corrected chi connectivity index (χ1v) is 8.19. The van der Waals surface area contributed by atoms with E-state index in [2.05, 4.69) is 11.4 Å². The van der Waals surface area contributed by atoms with Gasteiger partial charge in [-0.15, -0.1) is 11.3 Å². The zero-order valence-corrected chi connectivity index (χ0v) is 12.8. The highest BCUT2D eigenvalue weighted by molar-refractivity contribution is 7.09. The van der Waals surface area contributed by atoms with Crippen LogP contribution in [-0.2, 0) is 20.7 Å². The highest BCUT2D eigenvalue weighted by atomic mass is 32.1. The van der Waals surface area contributed by atoms with Gasteiger partial charge in [-0.2, -0.15) is 0 Å². The number of carboxylic acids is 1. The number of amides is 1. The van der Waals surface area contributed by atoms with E-state index < -0.39 is 12.0 Å². The smallest absolute Gasteiger partial charge is 0.328 e. The molecule has 1 atom stereocenters. The number of thiophene rings is 1. The number of unbranched alkanes of at least 4 members (excludes halogenated alkanes) is 2. The Hall–Kier alpha value is -1.40. The number of rotatable bonds is 7. The van der Waals surface area contributed by atoms with Crippen LogP contribution in [0.2, 0.25) is 0 Å². The van der Waals surface area contributed by atoms with E-state index in [4.69, 9.17) is 9.84 Å². The molecule has 1 unspecified atom stereocenters. The second-order valence-corrected chi connectivity index (χ2v) is 6.19.